The Balaban J connectivity index is 1.44. The molecule has 28 heavy (non-hydrogen) atoms. The standard InChI is InChI=1S/C18H23N7O3/c1-27-8-9-28-13-4-2-12(3-5-13)22-17(26)15-14-16(21-10-20-14)24-18(23-15)25-7-6-19-11-25/h6-7,10-13H,2-5,8-9H2,1H3,(H,22,26)(H,20,21,23,24). The summed E-state index contributed by atoms with van der Waals surface area (Å²) in [6.07, 6.45) is 10.2. The highest BCUT2D eigenvalue weighted by Gasteiger charge is 2.25. The molecule has 1 amide bonds. The van der Waals surface area contributed by atoms with Crippen molar-refractivity contribution in [3.05, 3.63) is 30.7 Å². The van der Waals surface area contributed by atoms with Crippen LogP contribution in [0.5, 0.6) is 0 Å². The Morgan fingerprint density at radius 1 is 1.29 bits per heavy atom. The van der Waals surface area contributed by atoms with E-state index < -0.39 is 0 Å². The van der Waals surface area contributed by atoms with Crippen LogP contribution < -0.4 is 5.32 Å². The Labute approximate surface area is 161 Å². The molecule has 1 fully saturated rings. The number of H-pyrrole nitrogens is 1. The van der Waals surface area contributed by atoms with Crippen LogP contribution in [0.1, 0.15) is 36.2 Å². The third kappa shape index (κ3) is 4.02. The quantitative estimate of drug-likeness (QED) is 0.587. The molecule has 3 aromatic heterocycles. The summed E-state index contributed by atoms with van der Waals surface area (Å²) >= 11 is 0. The number of aromatic nitrogens is 6. The zero-order chi connectivity index (χ0) is 19.3. The molecular weight excluding hydrogens is 362 g/mol. The zero-order valence-corrected chi connectivity index (χ0v) is 15.7. The molecule has 0 spiro atoms. The number of rotatable bonds is 7. The van der Waals surface area contributed by atoms with Gasteiger partial charge in [0.05, 0.1) is 25.6 Å². The summed E-state index contributed by atoms with van der Waals surface area (Å²) in [7, 11) is 1.66. The summed E-state index contributed by atoms with van der Waals surface area (Å²) in [6, 6.07) is 0.0967. The molecule has 10 heteroatoms. The highest BCUT2D eigenvalue weighted by atomic mass is 16.5. The van der Waals surface area contributed by atoms with Crippen molar-refractivity contribution >= 4 is 17.1 Å². The number of nitrogens with zero attached hydrogens (tertiary/aromatic N) is 5. The Kier molecular flexibility index (Phi) is 5.58. The van der Waals surface area contributed by atoms with E-state index in [1.165, 1.54) is 6.33 Å². The van der Waals surface area contributed by atoms with Crippen molar-refractivity contribution in [2.45, 2.75) is 37.8 Å². The van der Waals surface area contributed by atoms with Gasteiger partial charge in [0.15, 0.2) is 11.3 Å². The summed E-state index contributed by atoms with van der Waals surface area (Å²) in [5.41, 5.74) is 1.25. The molecule has 0 atom stereocenters. The van der Waals surface area contributed by atoms with Gasteiger partial charge < -0.3 is 19.8 Å². The molecule has 3 aromatic rings. The number of imidazole rings is 2. The molecule has 3 heterocycles. The van der Waals surface area contributed by atoms with E-state index in [-0.39, 0.29) is 23.7 Å². The topological polar surface area (TPSA) is 120 Å². The minimum absolute atomic E-state index is 0.0967. The fourth-order valence-corrected chi connectivity index (χ4v) is 3.40. The minimum atomic E-state index is -0.234. The van der Waals surface area contributed by atoms with E-state index in [9.17, 15) is 4.79 Å². The number of ether oxygens (including phenoxy) is 2. The van der Waals surface area contributed by atoms with Crippen molar-refractivity contribution in [1.29, 1.82) is 0 Å². The van der Waals surface area contributed by atoms with Crippen LogP contribution in [0.3, 0.4) is 0 Å². The first kappa shape index (κ1) is 18.5. The molecule has 0 aromatic carbocycles. The van der Waals surface area contributed by atoms with Crippen molar-refractivity contribution < 1.29 is 14.3 Å². The summed E-state index contributed by atoms with van der Waals surface area (Å²) in [6.45, 7) is 1.21. The van der Waals surface area contributed by atoms with Gasteiger partial charge in [-0.3, -0.25) is 9.36 Å². The molecule has 0 aliphatic heterocycles. The molecule has 0 radical (unpaired) electrons. The average Bonchev–Trinajstić information content (AvgIpc) is 3.40. The predicted molar refractivity (Wildman–Crippen MR) is 100 cm³/mol. The second kappa shape index (κ2) is 8.44. The van der Waals surface area contributed by atoms with Crippen LogP contribution in [0.2, 0.25) is 0 Å². The van der Waals surface area contributed by atoms with Gasteiger partial charge in [0, 0.05) is 25.5 Å². The Bertz CT molecular complexity index is 917. The van der Waals surface area contributed by atoms with E-state index in [2.05, 4.69) is 30.2 Å². The lowest BCUT2D eigenvalue weighted by Crippen LogP contribution is -2.39. The van der Waals surface area contributed by atoms with Crippen molar-refractivity contribution in [3.63, 3.8) is 0 Å². The molecule has 1 aliphatic carbocycles. The number of methoxy groups -OCH3 is 1. The molecule has 148 valence electrons. The van der Waals surface area contributed by atoms with E-state index in [1.54, 1.807) is 30.4 Å². The number of aromatic amines is 1. The van der Waals surface area contributed by atoms with E-state index in [0.29, 0.717) is 30.3 Å². The van der Waals surface area contributed by atoms with Crippen molar-refractivity contribution in [3.8, 4) is 5.95 Å². The number of hydrogen-bond acceptors (Lipinski definition) is 7. The number of hydrogen-bond donors (Lipinski definition) is 2. The largest absolute Gasteiger partial charge is 0.382 e. The maximum Gasteiger partial charge on any atom is 0.272 e. The first-order valence-electron chi connectivity index (χ1n) is 9.35. The van der Waals surface area contributed by atoms with Gasteiger partial charge >= 0.3 is 0 Å². The second-order valence-electron chi connectivity index (χ2n) is 6.75. The third-order valence-corrected chi connectivity index (χ3v) is 4.87. The van der Waals surface area contributed by atoms with Gasteiger partial charge in [-0.15, -0.1) is 0 Å². The van der Waals surface area contributed by atoms with Crippen LogP contribution in [0, 0.1) is 0 Å². The van der Waals surface area contributed by atoms with Crippen LogP contribution in [-0.2, 0) is 9.47 Å². The van der Waals surface area contributed by atoms with Crippen LogP contribution >= 0.6 is 0 Å². The summed E-state index contributed by atoms with van der Waals surface area (Å²) in [5, 5.41) is 3.10. The highest BCUT2D eigenvalue weighted by Crippen LogP contribution is 2.22. The number of carbonyl (C=O) groups excluding carboxylic acids is 1. The fraction of sp³-hybridized carbons (Fsp3) is 0.500. The van der Waals surface area contributed by atoms with Gasteiger partial charge in [-0.2, -0.15) is 4.98 Å². The molecule has 0 unspecified atom stereocenters. The van der Waals surface area contributed by atoms with Crippen molar-refractivity contribution in [1.82, 2.24) is 34.8 Å². The molecule has 2 N–H and O–H groups in total. The smallest absolute Gasteiger partial charge is 0.272 e. The van der Waals surface area contributed by atoms with E-state index in [0.717, 1.165) is 25.7 Å². The highest BCUT2D eigenvalue weighted by molar-refractivity contribution is 6.02. The van der Waals surface area contributed by atoms with Gasteiger partial charge in [-0.05, 0) is 25.7 Å². The number of amides is 1. The minimum Gasteiger partial charge on any atom is -0.382 e. The molecule has 1 saturated carbocycles. The monoisotopic (exact) mass is 385 g/mol. The van der Waals surface area contributed by atoms with Crippen LogP contribution in [0.25, 0.3) is 17.1 Å². The molecular formula is C18H23N7O3. The SMILES string of the molecule is COCCOC1CCC(NC(=O)c2nc(-n3ccnc3)nc3nc[nH]c23)CC1. The predicted octanol–water partition coefficient (Wildman–Crippen LogP) is 1.24. The lowest BCUT2D eigenvalue weighted by atomic mass is 9.93. The lowest BCUT2D eigenvalue weighted by Gasteiger charge is -2.29. The summed E-state index contributed by atoms with van der Waals surface area (Å²) in [4.78, 5) is 32.9. The second-order valence-corrected chi connectivity index (χ2v) is 6.75. The van der Waals surface area contributed by atoms with Gasteiger partial charge in [0.1, 0.15) is 11.8 Å². The van der Waals surface area contributed by atoms with Crippen LogP contribution in [0.15, 0.2) is 25.0 Å². The zero-order valence-electron chi connectivity index (χ0n) is 15.7. The Morgan fingerprint density at radius 2 is 2.14 bits per heavy atom. The van der Waals surface area contributed by atoms with Crippen molar-refractivity contribution in [2.75, 3.05) is 20.3 Å². The molecule has 1 aliphatic rings. The van der Waals surface area contributed by atoms with E-state index in [4.69, 9.17) is 9.47 Å². The van der Waals surface area contributed by atoms with Crippen LogP contribution in [-0.4, -0.2) is 67.9 Å². The first-order chi connectivity index (χ1) is 13.7. The fourth-order valence-electron chi connectivity index (χ4n) is 3.40. The maximum absolute atomic E-state index is 12.9. The summed E-state index contributed by atoms with van der Waals surface area (Å²) < 4.78 is 12.4. The van der Waals surface area contributed by atoms with Crippen molar-refractivity contribution in [2.24, 2.45) is 0 Å². The van der Waals surface area contributed by atoms with Gasteiger partial charge in [0.25, 0.3) is 5.91 Å². The maximum atomic E-state index is 12.9. The Hall–Kier alpha value is -2.85. The lowest BCUT2D eigenvalue weighted by molar-refractivity contribution is -0.00409. The summed E-state index contributed by atoms with van der Waals surface area (Å²) in [5.74, 6) is 0.124. The Morgan fingerprint density at radius 3 is 2.89 bits per heavy atom. The molecule has 0 bridgehead atoms. The third-order valence-electron chi connectivity index (χ3n) is 4.87. The molecule has 4 rings (SSSR count). The molecule has 10 nitrogen and oxygen atoms in total. The normalized spacial score (nSPS) is 19.8. The molecule has 0 saturated heterocycles. The van der Waals surface area contributed by atoms with Crippen LogP contribution in [0.4, 0.5) is 0 Å². The number of carbonyl (C=O) groups is 1. The number of nitrogens with one attached hydrogen (secondary N) is 2. The van der Waals surface area contributed by atoms with E-state index in [1.807, 2.05) is 0 Å². The average molecular weight is 385 g/mol. The van der Waals surface area contributed by atoms with Gasteiger partial charge in [-0.1, -0.05) is 0 Å². The van der Waals surface area contributed by atoms with Gasteiger partial charge in [0.2, 0.25) is 5.95 Å². The number of fused-ring (bicyclic) bond motifs is 1. The first-order valence-corrected chi connectivity index (χ1v) is 9.35. The van der Waals surface area contributed by atoms with E-state index >= 15 is 0 Å². The van der Waals surface area contributed by atoms with Gasteiger partial charge in [-0.25, -0.2) is 15.0 Å².